The molecule has 0 bridgehead atoms. The minimum Gasteiger partial charge on any atom is -0.477 e. The van der Waals surface area contributed by atoms with E-state index in [9.17, 15) is 13.2 Å². The third kappa shape index (κ3) is 5.29. The molecular weight excluding hydrogens is 500 g/mol. The highest BCUT2D eigenvalue weighted by Crippen LogP contribution is 2.40. The van der Waals surface area contributed by atoms with Gasteiger partial charge in [-0.05, 0) is 45.7 Å². The summed E-state index contributed by atoms with van der Waals surface area (Å²) < 4.78 is 30.3. The Morgan fingerprint density at radius 1 is 1.26 bits per heavy atom. The molecule has 1 fully saturated rings. The Labute approximate surface area is 207 Å². The van der Waals surface area contributed by atoms with Gasteiger partial charge in [-0.1, -0.05) is 22.9 Å². The Hall–Kier alpha value is -2.83. The van der Waals surface area contributed by atoms with Crippen LogP contribution in [-0.4, -0.2) is 46.9 Å². The lowest BCUT2D eigenvalue weighted by molar-refractivity contribution is 0.0905. The van der Waals surface area contributed by atoms with Crippen molar-refractivity contribution in [3.05, 3.63) is 46.4 Å². The zero-order valence-electron chi connectivity index (χ0n) is 18.7. The van der Waals surface area contributed by atoms with Crippen LogP contribution in [0.3, 0.4) is 0 Å². The number of rotatable bonds is 9. The van der Waals surface area contributed by atoms with E-state index in [1.165, 1.54) is 16.7 Å². The molecule has 1 aliphatic rings. The molecule has 0 radical (unpaired) electrons. The summed E-state index contributed by atoms with van der Waals surface area (Å²) in [6.45, 7) is 5.83. The number of nitrogens with zero attached hydrogens (tertiary/aromatic N) is 5. The Morgan fingerprint density at radius 3 is 2.65 bits per heavy atom. The van der Waals surface area contributed by atoms with Gasteiger partial charge in [0.1, 0.15) is 10.0 Å². The lowest BCUT2D eigenvalue weighted by Crippen LogP contribution is -2.42. The summed E-state index contributed by atoms with van der Waals surface area (Å²) in [7, 11) is -2.82. The SMILES string of the molecule is CCOc1cncc(-c2ccc(C(=O)NC(C)(C)c3nc(N(C4CC4)[SH](=O)=O)sc3Cl)nc2)n1. The van der Waals surface area contributed by atoms with Crippen molar-refractivity contribution in [3.8, 4) is 17.1 Å². The number of carbonyl (C=O) groups excluding carboxylic acids is 1. The summed E-state index contributed by atoms with van der Waals surface area (Å²) in [4.78, 5) is 30.1. The molecule has 10 nitrogen and oxygen atoms in total. The van der Waals surface area contributed by atoms with Gasteiger partial charge in [-0.2, -0.15) is 0 Å². The normalized spacial score (nSPS) is 13.7. The average molecular weight is 523 g/mol. The minimum atomic E-state index is -2.82. The van der Waals surface area contributed by atoms with Gasteiger partial charge in [0.25, 0.3) is 5.91 Å². The number of amides is 1. The first kappa shape index (κ1) is 24.3. The van der Waals surface area contributed by atoms with Crippen molar-refractivity contribution < 1.29 is 17.9 Å². The van der Waals surface area contributed by atoms with E-state index in [0.717, 1.165) is 24.2 Å². The van der Waals surface area contributed by atoms with Crippen molar-refractivity contribution in [2.24, 2.45) is 0 Å². The molecule has 3 aromatic heterocycles. The van der Waals surface area contributed by atoms with Crippen LogP contribution in [-0.2, 0) is 16.4 Å². The van der Waals surface area contributed by atoms with E-state index >= 15 is 0 Å². The number of thiazole rings is 1. The number of ether oxygens (including phenoxy) is 1. The summed E-state index contributed by atoms with van der Waals surface area (Å²) >= 11 is 7.48. The first-order valence-electron chi connectivity index (χ1n) is 10.5. The molecule has 1 amide bonds. The average Bonchev–Trinajstić information content (AvgIpc) is 3.54. The van der Waals surface area contributed by atoms with Crippen molar-refractivity contribution >= 4 is 44.9 Å². The standard InChI is InChI=1S/C21H23ClN6O4S2/c1-4-32-16-11-23-10-15(25-16)12-5-8-14(24-9-12)19(29)27-21(2,3)17-18(22)33-20(26-17)28(34(30)31)13-6-7-13/h5,8-11,13,34H,4,6-7H2,1-3H3,(H,27,29). The molecule has 4 rings (SSSR count). The van der Waals surface area contributed by atoms with E-state index in [0.29, 0.717) is 38.9 Å². The lowest BCUT2D eigenvalue weighted by atomic mass is 10.0. The summed E-state index contributed by atoms with van der Waals surface area (Å²) in [6, 6.07) is 3.23. The van der Waals surface area contributed by atoms with Crippen molar-refractivity contribution in [2.75, 3.05) is 10.9 Å². The maximum atomic E-state index is 12.9. The van der Waals surface area contributed by atoms with Crippen LogP contribution in [0.4, 0.5) is 5.13 Å². The number of thiol groups is 1. The van der Waals surface area contributed by atoms with Gasteiger partial charge < -0.3 is 10.1 Å². The highest BCUT2D eigenvalue weighted by Gasteiger charge is 2.36. The van der Waals surface area contributed by atoms with Crippen molar-refractivity contribution in [2.45, 2.75) is 45.2 Å². The Morgan fingerprint density at radius 2 is 2.03 bits per heavy atom. The number of aromatic nitrogens is 4. The monoisotopic (exact) mass is 522 g/mol. The molecule has 13 heteroatoms. The van der Waals surface area contributed by atoms with Crippen LogP contribution in [0.5, 0.6) is 5.88 Å². The Bertz CT molecular complexity index is 1270. The molecule has 1 saturated carbocycles. The summed E-state index contributed by atoms with van der Waals surface area (Å²) in [6.07, 6.45) is 6.23. The second kappa shape index (κ2) is 9.80. The summed E-state index contributed by atoms with van der Waals surface area (Å²) in [5, 5.41) is 3.19. The minimum absolute atomic E-state index is 0.0736. The Balaban J connectivity index is 1.50. The van der Waals surface area contributed by atoms with Gasteiger partial charge in [0.2, 0.25) is 21.9 Å². The van der Waals surface area contributed by atoms with Gasteiger partial charge in [-0.15, -0.1) is 0 Å². The number of anilines is 1. The highest BCUT2D eigenvalue weighted by atomic mass is 35.5. The molecule has 3 heterocycles. The molecule has 1 aliphatic carbocycles. The van der Waals surface area contributed by atoms with E-state index in [4.69, 9.17) is 16.3 Å². The fraction of sp³-hybridized carbons (Fsp3) is 0.381. The van der Waals surface area contributed by atoms with E-state index in [2.05, 4.69) is 25.3 Å². The third-order valence-corrected chi connectivity index (χ3v) is 7.31. The number of nitrogens with one attached hydrogen (secondary N) is 1. The number of pyridine rings is 1. The highest BCUT2D eigenvalue weighted by molar-refractivity contribution is 7.74. The second-order valence-corrected chi connectivity index (χ2v) is 10.6. The number of halogens is 1. The van der Waals surface area contributed by atoms with E-state index < -0.39 is 22.3 Å². The maximum Gasteiger partial charge on any atom is 0.270 e. The van der Waals surface area contributed by atoms with E-state index in [1.54, 1.807) is 32.2 Å². The van der Waals surface area contributed by atoms with E-state index in [-0.39, 0.29) is 11.7 Å². The predicted molar refractivity (Wildman–Crippen MR) is 130 cm³/mol. The molecule has 0 atom stereocenters. The molecule has 0 aromatic carbocycles. The van der Waals surface area contributed by atoms with Crippen LogP contribution in [0.2, 0.25) is 4.34 Å². The summed E-state index contributed by atoms with van der Waals surface area (Å²) in [5.74, 6) is -0.0184. The maximum absolute atomic E-state index is 12.9. The predicted octanol–water partition coefficient (Wildman–Crippen LogP) is 3.21. The quantitative estimate of drug-likeness (QED) is 0.410. The molecule has 0 aliphatic heterocycles. The molecule has 0 unspecified atom stereocenters. The lowest BCUT2D eigenvalue weighted by Gasteiger charge is -2.24. The van der Waals surface area contributed by atoms with Gasteiger partial charge in [0.15, 0.2) is 0 Å². The molecule has 180 valence electrons. The zero-order chi connectivity index (χ0) is 24.5. The first-order valence-corrected chi connectivity index (χ1v) is 12.9. The van der Waals surface area contributed by atoms with Gasteiger partial charge in [0.05, 0.1) is 35.9 Å². The first-order chi connectivity index (χ1) is 16.2. The largest absolute Gasteiger partial charge is 0.477 e. The molecular formula is C21H23ClN6O4S2. The smallest absolute Gasteiger partial charge is 0.270 e. The number of hydrogen-bond donors (Lipinski definition) is 2. The van der Waals surface area contributed by atoms with Crippen LogP contribution < -0.4 is 14.4 Å². The zero-order valence-corrected chi connectivity index (χ0v) is 21.2. The molecule has 3 aromatic rings. The van der Waals surface area contributed by atoms with Crippen LogP contribution in [0.25, 0.3) is 11.3 Å². The van der Waals surface area contributed by atoms with Crippen molar-refractivity contribution in [3.63, 3.8) is 0 Å². The topological polar surface area (TPSA) is 127 Å². The van der Waals surface area contributed by atoms with Gasteiger partial charge >= 0.3 is 0 Å². The fourth-order valence-electron chi connectivity index (χ4n) is 3.24. The molecule has 0 spiro atoms. The third-order valence-electron chi connectivity index (χ3n) is 5.05. The van der Waals surface area contributed by atoms with Crippen LogP contribution in [0.15, 0.2) is 30.7 Å². The molecule has 1 N–H and O–H groups in total. The number of hydrogen-bond acceptors (Lipinski definition) is 9. The van der Waals surface area contributed by atoms with Crippen LogP contribution >= 0.6 is 22.9 Å². The van der Waals surface area contributed by atoms with Crippen molar-refractivity contribution in [1.29, 1.82) is 0 Å². The molecule has 0 saturated heterocycles. The second-order valence-electron chi connectivity index (χ2n) is 8.12. The van der Waals surface area contributed by atoms with Gasteiger partial charge in [0, 0.05) is 17.8 Å². The Kier molecular flexibility index (Phi) is 7.01. The number of carbonyl (C=O) groups is 1. The summed E-state index contributed by atoms with van der Waals surface area (Å²) in [5.41, 5.74) is 0.877. The van der Waals surface area contributed by atoms with Crippen LogP contribution in [0, 0.1) is 0 Å². The molecule has 34 heavy (non-hydrogen) atoms. The van der Waals surface area contributed by atoms with E-state index in [1.807, 2.05) is 6.92 Å². The fourth-order valence-corrected chi connectivity index (χ4v) is 5.67. The van der Waals surface area contributed by atoms with Gasteiger partial charge in [-0.3, -0.25) is 14.8 Å². The van der Waals surface area contributed by atoms with Gasteiger partial charge in [-0.25, -0.2) is 22.7 Å². The van der Waals surface area contributed by atoms with Crippen LogP contribution in [0.1, 0.15) is 49.8 Å². The van der Waals surface area contributed by atoms with Crippen molar-refractivity contribution in [1.82, 2.24) is 25.3 Å².